The highest BCUT2D eigenvalue weighted by atomic mass is 19.3. The zero-order valence-electron chi connectivity index (χ0n) is 12.9. The quantitative estimate of drug-likeness (QED) is 0.831. The van der Waals surface area contributed by atoms with Gasteiger partial charge < -0.3 is 10.1 Å². The molecule has 1 aromatic carbocycles. The van der Waals surface area contributed by atoms with Gasteiger partial charge in [-0.1, -0.05) is 19.1 Å². The van der Waals surface area contributed by atoms with Crippen molar-refractivity contribution in [2.24, 2.45) is 5.92 Å². The van der Waals surface area contributed by atoms with Crippen molar-refractivity contribution in [1.29, 1.82) is 0 Å². The molecule has 1 aliphatic rings. The third-order valence-electron chi connectivity index (χ3n) is 4.21. The first kappa shape index (κ1) is 16.2. The minimum absolute atomic E-state index is 0.0105. The first-order valence-corrected chi connectivity index (χ1v) is 7.89. The zero-order valence-corrected chi connectivity index (χ0v) is 12.9. The Morgan fingerprint density at radius 1 is 1.19 bits per heavy atom. The van der Waals surface area contributed by atoms with Crippen LogP contribution in [0.5, 0.6) is 5.75 Å². The molecule has 0 spiro atoms. The van der Waals surface area contributed by atoms with E-state index in [1.54, 1.807) is 0 Å². The fraction of sp³-hybridized carbons (Fsp3) is 0.647. The lowest BCUT2D eigenvalue weighted by Crippen LogP contribution is -2.34. The molecule has 0 aliphatic heterocycles. The van der Waals surface area contributed by atoms with E-state index in [2.05, 4.69) is 12.2 Å². The number of benzene rings is 1. The largest absolute Gasteiger partial charge is 0.494 e. The highest BCUT2D eigenvalue weighted by Crippen LogP contribution is 2.41. The molecule has 4 heteroatoms. The lowest BCUT2D eigenvalue weighted by atomic mass is 9.79. The van der Waals surface area contributed by atoms with Gasteiger partial charge >= 0.3 is 0 Å². The number of nitrogens with one attached hydrogen (secondary N) is 1. The summed E-state index contributed by atoms with van der Waals surface area (Å²) < 4.78 is 32.1. The van der Waals surface area contributed by atoms with E-state index in [1.165, 1.54) is 0 Å². The van der Waals surface area contributed by atoms with Gasteiger partial charge in [0.15, 0.2) is 0 Å². The summed E-state index contributed by atoms with van der Waals surface area (Å²) in [5, 5.41) is 3.46. The lowest BCUT2D eigenvalue weighted by molar-refractivity contribution is -0.0497. The van der Waals surface area contributed by atoms with Crippen molar-refractivity contribution < 1.29 is 13.5 Å². The monoisotopic (exact) mass is 297 g/mol. The summed E-state index contributed by atoms with van der Waals surface area (Å²) in [6.45, 7) is 5.50. The Balaban J connectivity index is 2.07. The molecule has 1 atom stereocenters. The van der Waals surface area contributed by atoms with Crippen LogP contribution in [0.2, 0.25) is 0 Å². The summed E-state index contributed by atoms with van der Waals surface area (Å²) in [7, 11) is 0. The van der Waals surface area contributed by atoms with Crippen LogP contribution >= 0.6 is 0 Å². The van der Waals surface area contributed by atoms with Crippen molar-refractivity contribution in [2.75, 3.05) is 13.2 Å². The van der Waals surface area contributed by atoms with Gasteiger partial charge in [0.1, 0.15) is 5.75 Å². The van der Waals surface area contributed by atoms with Gasteiger partial charge in [0.25, 0.3) is 0 Å². The van der Waals surface area contributed by atoms with Crippen molar-refractivity contribution in [3.05, 3.63) is 29.8 Å². The molecule has 2 nitrogen and oxygen atoms in total. The molecule has 1 unspecified atom stereocenters. The Bertz CT molecular complexity index is 423. The Labute approximate surface area is 125 Å². The maximum atomic E-state index is 13.3. The van der Waals surface area contributed by atoms with Crippen molar-refractivity contribution in [2.45, 2.75) is 51.5 Å². The first-order valence-electron chi connectivity index (χ1n) is 7.89. The number of halogens is 2. The van der Waals surface area contributed by atoms with E-state index < -0.39 is 5.92 Å². The van der Waals surface area contributed by atoms with E-state index in [1.807, 2.05) is 31.2 Å². The number of rotatable bonds is 6. The Morgan fingerprint density at radius 3 is 2.33 bits per heavy atom. The van der Waals surface area contributed by atoms with Crippen molar-refractivity contribution in [1.82, 2.24) is 5.32 Å². The Kier molecular flexibility index (Phi) is 5.57. The van der Waals surface area contributed by atoms with Crippen molar-refractivity contribution >= 4 is 0 Å². The maximum Gasteiger partial charge on any atom is 0.248 e. The molecule has 1 aliphatic carbocycles. The molecule has 0 aromatic heterocycles. The van der Waals surface area contributed by atoms with Crippen LogP contribution in [0, 0.1) is 5.92 Å². The van der Waals surface area contributed by atoms with Gasteiger partial charge in [-0.3, -0.25) is 0 Å². The highest BCUT2D eigenvalue weighted by molar-refractivity contribution is 5.29. The number of alkyl halides is 2. The smallest absolute Gasteiger partial charge is 0.248 e. The number of hydrogen-bond acceptors (Lipinski definition) is 2. The molecule has 1 N–H and O–H groups in total. The average Bonchev–Trinajstić information content (AvgIpc) is 2.47. The summed E-state index contributed by atoms with van der Waals surface area (Å²) >= 11 is 0. The number of hydrogen-bond donors (Lipinski definition) is 1. The standard InChI is InChI=1S/C17H25F2NO/c1-3-20-16(14-9-11-17(18,19)12-10-14)13-5-7-15(8-6-13)21-4-2/h5-8,14,16,20H,3-4,9-12H2,1-2H3. The molecule has 1 fully saturated rings. The van der Waals surface area contributed by atoms with Crippen LogP contribution in [0.4, 0.5) is 8.78 Å². The second-order valence-electron chi connectivity index (χ2n) is 5.73. The first-order chi connectivity index (χ1) is 10.1. The second-order valence-corrected chi connectivity index (χ2v) is 5.73. The molecule has 118 valence electrons. The molecule has 1 aromatic rings. The van der Waals surface area contributed by atoms with Crippen LogP contribution in [0.15, 0.2) is 24.3 Å². The normalized spacial score (nSPS) is 20.2. The Hall–Kier alpha value is -1.16. The Morgan fingerprint density at radius 2 is 1.81 bits per heavy atom. The third-order valence-corrected chi connectivity index (χ3v) is 4.21. The van der Waals surface area contributed by atoms with E-state index >= 15 is 0 Å². The van der Waals surface area contributed by atoms with Crippen molar-refractivity contribution in [3.63, 3.8) is 0 Å². The molecule has 0 radical (unpaired) electrons. The molecule has 21 heavy (non-hydrogen) atoms. The summed E-state index contributed by atoms with van der Waals surface area (Å²) in [4.78, 5) is 0. The molecule has 0 amide bonds. The van der Waals surface area contributed by atoms with Crippen LogP contribution < -0.4 is 10.1 Å². The van der Waals surface area contributed by atoms with Gasteiger partial charge in [-0.25, -0.2) is 8.78 Å². The van der Waals surface area contributed by atoms with E-state index in [9.17, 15) is 8.78 Å². The molecule has 0 heterocycles. The van der Waals surface area contributed by atoms with Gasteiger partial charge in [-0.05, 0) is 49.9 Å². The minimum Gasteiger partial charge on any atom is -0.494 e. The zero-order chi connectivity index (χ0) is 15.3. The predicted octanol–water partition coefficient (Wildman–Crippen LogP) is 4.56. The number of ether oxygens (including phenoxy) is 1. The summed E-state index contributed by atoms with van der Waals surface area (Å²) in [6.07, 6.45) is 1.18. The van der Waals surface area contributed by atoms with Crippen LogP contribution in [0.1, 0.15) is 51.1 Å². The van der Waals surface area contributed by atoms with E-state index in [0.29, 0.717) is 19.4 Å². The third kappa shape index (κ3) is 4.40. The molecule has 0 bridgehead atoms. The van der Waals surface area contributed by atoms with Crippen LogP contribution in [0.25, 0.3) is 0 Å². The summed E-state index contributed by atoms with van der Waals surface area (Å²) in [5.41, 5.74) is 1.16. The van der Waals surface area contributed by atoms with Gasteiger partial charge in [-0.2, -0.15) is 0 Å². The molecular formula is C17H25F2NO. The topological polar surface area (TPSA) is 21.3 Å². The highest BCUT2D eigenvalue weighted by Gasteiger charge is 2.37. The van der Waals surface area contributed by atoms with E-state index in [-0.39, 0.29) is 24.8 Å². The molecule has 2 rings (SSSR count). The van der Waals surface area contributed by atoms with E-state index in [4.69, 9.17) is 4.74 Å². The molecule has 0 saturated heterocycles. The van der Waals surface area contributed by atoms with Gasteiger partial charge in [-0.15, -0.1) is 0 Å². The van der Waals surface area contributed by atoms with E-state index in [0.717, 1.165) is 17.9 Å². The minimum atomic E-state index is -2.47. The van der Waals surface area contributed by atoms with Crippen LogP contribution in [-0.4, -0.2) is 19.1 Å². The fourth-order valence-electron chi connectivity index (χ4n) is 3.11. The average molecular weight is 297 g/mol. The lowest BCUT2D eigenvalue weighted by Gasteiger charge is -2.34. The van der Waals surface area contributed by atoms with Gasteiger partial charge in [0.05, 0.1) is 6.61 Å². The second kappa shape index (κ2) is 7.21. The molecular weight excluding hydrogens is 272 g/mol. The van der Waals surface area contributed by atoms with Gasteiger partial charge in [0, 0.05) is 18.9 Å². The predicted molar refractivity (Wildman–Crippen MR) is 80.9 cm³/mol. The van der Waals surface area contributed by atoms with Crippen molar-refractivity contribution in [3.8, 4) is 5.75 Å². The van der Waals surface area contributed by atoms with Crippen LogP contribution in [-0.2, 0) is 0 Å². The summed E-state index contributed by atoms with van der Waals surface area (Å²) in [6, 6.07) is 8.17. The summed E-state index contributed by atoms with van der Waals surface area (Å²) in [5.74, 6) is -1.33. The maximum absolute atomic E-state index is 13.3. The SMILES string of the molecule is CCNC(c1ccc(OCC)cc1)C1CCC(F)(F)CC1. The molecule has 1 saturated carbocycles. The fourth-order valence-corrected chi connectivity index (χ4v) is 3.11. The van der Waals surface area contributed by atoms with Gasteiger partial charge in [0.2, 0.25) is 5.92 Å². The van der Waals surface area contributed by atoms with Crippen LogP contribution in [0.3, 0.4) is 0 Å².